The summed E-state index contributed by atoms with van der Waals surface area (Å²) in [6, 6.07) is 10.7. The van der Waals surface area contributed by atoms with Crippen LogP contribution in [0.5, 0.6) is 0 Å². The zero-order chi connectivity index (χ0) is 20.4. The molecule has 1 saturated carbocycles. The number of rotatable bonds is 3. The van der Waals surface area contributed by atoms with Crippen LogP contribution in [0.25, 0.3) is 27.8 Å². The summed E-state index contributed by atoms with van der Waals surface area (Å²) < 4.78 is 9.85. The van der Waals surface area contributed by atoms with E-state index in [1.165, 1.54) is 29.4 Å². The monoisotopic (exact) mass is 402 g/mol. The molecule has 7 nitrogen and oxygen atoms in total. The first-order chi connectivity index (χ1) is 14.6. The van der Waals surface area contributed by atoms with Gasteiger partial charge in [-0.3, -0.25) is 4.68 Å². The molecule has 0 radical (unpaired) electrons. The quantitative estimate of drug-likeness (QED) is 0.522. The number of hydrogen-bond acceptors (Lipinski definition) is 5. The highest BCUT2D eigenvalue weighted by Crippen LogP contribution is 2.43. The fourth-order valence-corrected chi connectivity index (χ4v) is 4.70. The Morgan fingerprint density at radius 3 is 2.57 bits per heavy atom. The third-order valence-corrected chi connectivity index (χ3v) is 6.23. The van der Waals surface area contributed by atoms with Gasteiger partial charge in [0.15, 0.2) is 5.65 Å². The summed E-state index contributed by atoms with van der Waals surface area (Å²) in [5.41, 5.74) is 5.40. The highest BCUT2D eigenvalue weighted by Gasteiger charge is 2.29. The van der Waals surface area contributed by atoms with E-state index in [2.05, 4.69) is 54.1 Å². The van der Waals surface area contributed by atoms with E-state index in [1.54, 1.807) is 0 Å². The number of nitrogens with zero attached hydrogens (tertiary/aromatic N) is 6. The molecule has 1 aliphatic heterocycles. The molecule has 4 aromatic rings. The van der Waals surface area contributed by atoms with E-state index in [0.717, 1.165) is 35.8 Å². The highest BCUT2D eigenvalue weighted by atomic mass is 16.5. The molecule has 0 spiro atoms. The minimum Gasteiger partial charge on any atom is -0.372 e. The minimum absolute atomic E-state index is 0.197. The molecule has 2 aliphatic rings. The summed E-state index contributed by atoms with van der Waals surface area (Å²) in [5.74, 6) is 1.58. The summed E-state index contributed by atoms with van der Waals surface area (Å²) in [4.78, 5) is 6.91. The van der Waals surface area contributed by atoms with E-state index < -0.39 is 0 Å². The van der Waals surface area contributed by atoms with Gasteiger partial charge in [-0.2, -0.15) is 5.10 Å². The molecule has 1 aliphatic carbocycles. The van der Waals surface area contributed by atoms with Crippen LogP contribution in [0.1, 0.15) is 38.3 Å². The van der Waals surface area contributed by atoms with Crippen molar-refractivity contribution < 1.29 is 4.74 Å². The van der Waals surface area contributed by atoms with Crippen LogP contribution in [0, 0.1) is 0 Å². The molecule has 3 aromatic heterocycles. The second-order valence-electron chi connectivity index (χ2n) is 8.78. The Morgan fingerprint density at radius 2 is 1.80 bits per heavy atom. The first-order valence-corrected chi connectivity index (χ1v) is 10.8. The van der Waals surface area contributed by atoms with Crippen LogP contribution in [0.2, 0.25) is 0 Å². The van der Waals surface area contributed by atoms with Crippen LogP contribution in [0.3, 0.4) is 0 Å². The lowest BCUT2D eigenvalue weighted by molar-refractivity contribution is -0.00551. The molecule has 7 heteroatoms. The molecule has 0 bridgehead atoms. The number of imidazole rings is 1. The summed E-state index contributed by atoms with van der Waals surface area (Å²) in [7, 11) is 2.03. The Bertz CT molecular complexity index is 1240. The zero-order valence-corrected chi connectivity index (χ0v) is 17.6. The van der Waals surface area contributed by atoms with E-state index in [-0.39, 0.29) is 12.2 Å². The van der Waals surface area contributed by atoms with Crippen LogP contribution in [0.4, 0.5) is 5.82 Å². The minimum atomic E-state index is 0.197. The van der Waals surface area contributed by atoms with Gasteiger partial charge < -0.3 is 9.64 Å². The molecule has 1 aromatic carbocycles. The van der Waals surface area contributed by atoms with Crippen LogP contribution in [-0.2, 0) is 11.8 Å². The van der Waals surface area contributed by atoms with Crippen LogP contribution in [-0.4, -0.2) is 49.7 Å². The number of aromatic nitrogens is 5. The maximum Gasteiger partial charge on any atom is 0.154 e. The molecule has 0 amide bonds. The molecule has 1 saturated heterocycles. The van der Waals surface area contributed by atoms with E-state index in [4.69, 9.17) is 14.9 Å². The number of hydrogen-bond donors (Lipinski definition) is 0. The van der Waals surface area contributed by atoms with Gasteiger partial charge in [-0.05, 0) is 51.0 Å². The summed E-state index contributed by atoms with van der Waals surface area (Å²) in [6.07, 6.45) is 4.80. The second-order valence-corrected chi connectivity index (χ2v) is 8.78. The van der Waals surface area contributed by atoms with Gasteiger partial charge in [0.2, 0.25) is 0 Å². The maximum atomic E-state index is 5.89. The van der Waals surface area contributed by atoms with Gasteiger partial charge in [-0.1, -0.05) is 6.07 Å². The van der Waals surface area contributed by atoms with Gasteiger partial charge in [0.05, 0.1) is 35.3 Å². The number of morpholine rings is 1. The molecule has 0 unspecified atom stereocenters. The van der Waals surface area contributed by atoms with Crippen molar-refractivity contribution in [1.82, 2.24) is 24.4 Å². The molecule has 2 atom stereocenters. The molecular weight excluding hydrogens is 376 g/mol. The number of ether oxygens (including phenoxy) is 1. The fraction of sp³-hybridized carbons (Fsp3) is 0.435. The van der Waals surface area contributed by atoms with E-state index >= 15 is 0 Å². The van der Waals surface area contributed by atoms with E-state index in [9.17, 15) is 0 Å². The van der Waals surface area contributed by atoms with Crippen molar-refractivity contribution in [2.45, 2.75) is 44.8 Å². The van der Waals surface area contributed by atoms with Gasteiger partial charge in [0.1, 0.15) is 5.82 Å². The number of anilines is 1. The van der Waals surface area contributed by atoms with Crippen LogP contribution < -0.4 is 4.90 Å². The Hall–Kier alpha value is -2.93. The molecular formula is C23H26N6O. The first-order valence-electron chi connectivity index (χ1n) is 10.8. The van der Waals surface area contributed by atoms with E-state index in [1.807, 2.05) is 22.4 Å². The summed E-state index contributed by atoms with van der Waals surface area (Å²) in [6.45, 7) is 5.92. The van der Waals surface area contributed by atoms with Gasteiger partial charge in [-0.15, -0.1) is 5.10 Å². The van der Waals surface area contributed by atoms with Crippen LogP contribution >= 0.6 is 0 Å². The lowest BCUT2D eigenvalue weighted by Gasteiger charge is -2.35. The number of fused-ring (bicyclic) bond motifs is 2. The summed E-state index contributed by atoms with van der Waals surface area (Å²) >= 11 is 0. The Morgan fingerprint density at radius 1 is 1.00 bits per heavy atom. The Labute approximate surface area is 175 Å². The average Bonchev–Trinajstić information content (AvgIpc) is 3.40. The molecule has 2 fully saturated rings. The Balaban J connectivity index is 1.44. The SMILES string of the molecule is C[C@@H]1CN(c2ccc3ncc(-c4ccc5c(c4)c(C4CC4)nn5C)n3n2)C[C@H](C)O1. The molecule has 154 valence electrons. The van der Waals surface area contributed by atoms with Gasteiger partial charge in [-0.25, -0.2) is 9.50 Å². The zero-order valence-electron chi connectivity index (χ0n) is 17.6. The predicted octanol–water partition coefficient (Wildman–Crippen LogP) is 3.77. The largest absolute Gasteiger partial charge is 0.372 e. The topological polar surface area (TPSA) is 60.5 Å². The molecule has 0 N–H and O–H groups in total. The van der Waals surface area contributed by atoms with Crippen molar-refractivity contribution in [3.63, 3.8) is 0 Å². The standard InChI is InChI=1S/C23H26N6O/c1-14-12-28(13-15(2)30-14)22-9-8-21-24-11-20(29(21)25-22)17-6-7-19-18(10-17)23(16-4-5-16)26-27(19)3/h6-11,14-16H,4-5,12-13H2,1-3H3/t14-,15+. The highest BCUT2D eigenvalue weighted by molar-refractivity contribution is 5.87. The van der Waals surface area contributed by atoms with Gasteiger partial charge in [0.25, 0.3) is 0 Å². The van der Waals surface area contributed by atoms with E-state index in [0.29, 0.717) is 5.92 Å². The van der Waals surface area contributed by atoms with Gasteiger partial charge >= 0.3 is 0 Å². The molecule has 4 heterocycles. The van der Waals surface area contributed by atoms with Crippen molar-refractivity contribution in [2.75, 3.05) is 18.0 Å². The smallest absolute Gasteiger partial charge is 0.154 e. The normalized spacial score (nSPS) is 22.3. The fourth-order valence-electron chi connectivity index (χ4n) is 4.70. The van der Waals surface area contributed by atoms with Crippen LogP contribution in [0.15, 0.2) is 36.5 Å². The third kappa shape index (κ3) is 2.88. The van der Waals surface area contributed by atoms with Crippen molar-refractivity contribution in [3.05, 3.63) is 42.2 Å². The Kier molecular flexibility index (Phi) is 3.90. The van der Waals surface area contributed by atoms with Crippen molar-refractivity contribution >= 4 is 22.4 Å². The third-order valence-electron chi connectivity index (χ3n) is 6.23. The number of benzene rings is 1. The lowest BCUT2D eigenvalue weighted by Crippen LogP contribution is -2.46. The lowest BCUT2D eigenvalue weighted by atomic mass is 10.1. The van der Waals surface area contributed by atoms with Gasteiger partial charge in [0, 0.05) is 37.0 Å². The second kappa shape index (κ2) is 6.54. The molecule has 30 heavy (non-hydrogen) atoms. The van der Waals surface area contributed by atoms with Crippen molar-refractivity contribution in [1.29, 1.82) is 0 Å². The maximum absolute atomic E-state index is 5.89. The average molecular weight is 403 g/mol. The van der Waals surface area contributed by atoms with Crippen molar-refractivity contribution in [3.8, 4) is 11.3 Å². The molecule has 6 rings (SSSR count). The van der Waals surface area contributed by atoms with Crippen molar-refractivity contribution in [2.24, 2.45) is 7.05 Å². The predicted molar refractivity (Wildman–Crippen MR) is 117 cm³/mol. The summed E-state index contributed by atoms with van der Waals surface area (Å²) in [5, 5.41) is 11.0. The first kappa shape index (κ1) is 17.9. The number of aryl methyl sites for hydroxylation is 1.